The van der Waals surface area contributed by atoms with E-state index in [-0.39, 0.29) is 11.3 Å². The molecule has 0 aliphatic rings. The summed E-state index contributed by atoms with van der Waals surface area (Å²) in [6.07, 6.45) is 0. The molecule has 0 aliphatic carbocycles. The van der Waals surface area contributed by atoms with E-state index >= 15 is 0 Å². The van der Waals surface area contributed by atoms with Crippen LogP contribution in [0.25, 0.3) is 0 Å². The first kappa shape index (κ1) is 12.0. The molecule has 2 rings (SSSR count). The molecule has 2 nitrogen and oxygen atoms in total. The van der Waals surface area contributed by atoms with Gasteiger partial charge in [0.15, 0.2) is 11.6 Å². The highest BCUT2D eigenvalue weighted by Gasteiger charge is 2.12. The van der Waals surface area contributed by atoms with Gasteiger partial charge in [-0.3, -0.25) is 0 Å². The number of para-hydroxylation sites is 1. The molecule has 1 N–H and O–H groups in total. The summed E-state index contributed by atoms with van der Waals surface area (Å²) in [5, 5.41) is 10.9. The van der Waals surface area contributed by atoms with E-state index < -0.39 is 23.1 Å². The van der Waals surface area contributed by atoms with Crippen LogP contribution in [0.4, 0.5) is 24.5 Å². The molecule has 5 heteroatoms. The van der Waals surface area contributed by atoms with Crippen LogP contribution in [0.15, 0.2) is 36.4 Å². The molecule has 2 aromatic rings. The lowest BCUT2D eigenvalue weighted by Crippen LogP contribution is -2.00. The lowest BCUT2D eigenvalue weighted by Gasteiger charge is -2.09. The van der Waals surface area contributed by atoms with Gasteiger partial charge in [0.2, 0.25) is 0 Å². The SMILES string of the molecule is N#Cc1cc(F)c(Nc2ccccc2F)c(F)c1. The standard InChI is InChI=1S/C13H7F3N2/c14-9-3-1-2-4-12(9)18-13-10(15)5-8(7-17)6-11(13)16/h1-6,18H. The number of benzene rings is 2. The Morgan fingerprint density at radius 1 is 0.944 bits per heavy atom. The molecule has 2 aromatic carbocycles. The summed E-state index contributed by atoms with van der Waals surface area (Å²) in [4.78, 5) is 0. The minimum Gasteiger partial charge on any atom is -0.348 e. The van der Waals surface area contributed by atoms with E-state index in [0.29, 0.717) is 0 Å². The van der Waals surface area contributed by atoms with Crippen LogP contribution in [0.1, 0.15) is 5.56 Å². The number of hydrogen-bond acceptors (Lipinski definition) is 2. The predicted molar refractivity (Wildman–Crippen MR) is 60.8 cm³/mol. The summed E-state index contributed by atoms with van der Waals surface area (Å²) in [7, 11) is 0. The molecule has 18 heavy (non-hydrogen) atoms. The van der Waals surface area contributed by atoms with Crippen molar-refractivity contribution >= 4 is 11.4 Å². The summed E-state index contributed by atoms with van der Waals surface area (Å²) < 4.78 is 40.4. The molecule has 0 atom stereocenters. The van der Waals surface area contributed by atoms with Crippen LogP contribution in [-0.2, 0) is 0 Å². The van der Waals surface area contributed by atoms with Gasteiger partial charge in [-0.1, -0.05) is 12.1 Å². The fraction of sp³-hybridized carbons (Fsp3) is 0. The Morgan fingerprint density at radius 3 is 2.11 bits per heavy atom. The number of nitrogens with zero attached hydrogens (tertiary/aromatic N) is 1. The number of halogens is 3. The molecule has 0 unspecified atom stereocenters. The topological polar surface area (TPSA) is 35.8 Å². The zero-order valence-corrected chi connectivity index (χ0v) is 9.05. The summed E-state index contributed by atoms with van der Waals surface area (Å²) >= 11 is 0. The van der Waals surface area contributed by atoms with Gasteiger partial charge >= 0.3 is 0 Å². The van der Waals surface area contributed by atoms with Crippen molar-refractivity contribution < 1.29 is 13.2 Å². The average molecular weight is 248 g/mol. The molecule has 90 valence electrons. The molecule has 0 radical (unpaired) electrons. The lowest BCUT2D eigenvalue weighted by atomic mass is 10.2. The van der Waals surface area contributed by atoms with E-state index in [1.54, 1.807) is 6.07 Å². The number of anilines is 2. The maximum Gasteiger partial charge on any atom is 0.150 e. The van der Waals surface area contributed by atoms with Crippen LogP contribution in [0, 0.1) is 28.8 Å². The van der Waals surface area contributed by atoms with Crippen molar-refractivity contribution in [3.8, 4) is 6.07 Å². The van der Waals surface area contributed by atoms with E-state index in [0.717, 1.165) is 12.1 Å². The fourth-order valence-corrected chi connectivity index (χ4v) is 1.45. The van der Waals surface area contributed by atoms with Crippen LogP contribution < -0.4 is 5.32 Å². The average Bonchev–Trinajstić information content (AvgIpc) is 2.35. The Bertz CT molecular complexity index is 609. The van der Waals surface area contributed by atoms with E-state index in [2.05, 4.69) is 5.32 Å². The second-order valence-corrected chi connectivity index (χ2v) is 3.53. The Morgan fingerprint density at radius 2 is 1.56 bits per heavy atom. The minimum atomic E-state index is -0.949. The number of hydrogen-bond donors (Lipinski definition) is 1. The highest BCUT2D eigenvalue weighted by atomic mass is 19.1. The third-order valence-corrected chi connectivity index (χ3v) is 2.30. The van der Waals surface area contributed by atoms with Gasteiger partial charge in [0.05, 0.1) is 17.3 Å². The molecular formula is C13H7F3N2. The van der Waals surface area contributed by atoms with E-state index in [1.807, 2.05) is 0 Å². The zero-order valence-electron chi connectivity index (χ0n) is 9.05. The fourth-order valence-electron chi connectivity index (χ4n) is 1.45. The van der Waals surface area contributed by atoms with Crippen LogP contribution in [0.3, 0.4) is 0 Å². The van der Waals surface area contributed by atoms with Crippen LogP contribution >= 0.6 is 0 Å². The van der Waals surface area contributed by atoms with Crippen molar-refractivity contribution in [1.82, 2.24) is 0 Å². The Labute approximate surface area is 101 Å². The Hall–Kier alpha value is -2.48. The van der Waals surface area contributed by atoms with Crippen molar-refractivity contribution in [2.75, 3.05) is 5.32 Å². The molecule has 0 aromatic heterocycles. The summed E-state index contributed by atoms with van der Waals surface area (Å²) in [6.45, 7) is 0. The first-order chi connectivity index (χ1) is 8.61. The smallest absolute Gasteiger partial charge is 0.150 e. The molecular weight excluding hydrogens is 241 g/mol. The van der Waals surface area contributed by atoms with Gasteiger partial charge in [0.25, 0.3) is 0 Å². The summed E-state index contributed by atoms with van der Waals surface area (Å²) in [5.74, 6) is -2.52. The monoisotopic (exact) mass is 248 g/mol. The summed E-state index contributed by atoms with van der Waals surface area (Å²) in [6, 6.07) is 8.91. The highest BCUT2D eigenvalue weighted by molar-refractivity contribution is 5.62. The Kier molecular flexibility index (Phi) is 3.20. The molecule has 0 saturated heterocycles. The maximum atomic E-state index is 13.5. The predicted octanol–water partition coefficient (Wildman–Crippen LogP) is 3.72. The minimum absolute atomic E-state index is 0.0417. The second-order valence-electron chi connectivity index (χ2n) is 3.53. The Balaban J connectivity index is 2.42. The van der Waals surface area contributed by atoms with Crippen molar-refractivity contribution in [2.45, 2.75) is 0 Å². The third-order valence-electron chi connectivity index (χ3n) is 2.30. The normalized spacial score (nSPS) is 9.89. The zero-order chi connectivity index (χ0) is 13.1. The largest absolute Gasteiger partial charge is 0.348 e. The van der Waals surface area contributed by atoms with E-state index in [9.17, 15) is 13.2 Å². The van der Waals surface area contributed by atoms with Crippen molar-refractivity contribution in [2.24, 2.45) is 0 Å². The number of nitriles is 1. The third kappa shape index (κ3) is 2.28. The molecule has 0 saturated carbocycles. The van der Waals surface area contributed by atoms with E-state index in [1.165, 1.54) is 24.3 Å². The molecule has 0 heterocycles. The first-order valence-corrected chi connectivity index (χ1v) is 5.02. The van der Waals surface area contributed by atoms with Gasteiger partial charge in [-0.05, 0) is 24.3 Å². The van der Waals surface area contributed by atoms with E-state index in [4.69, 9.17) is 5.26 Å². The van der Waals surface area contributed by atoms with Crippen LogP contribution in [0.5, 0.6) is 0 Å². The quantitative estimate of drug-likeness (QED) is 0.879. The molecule has 0 bridgehead atoms. The van der Waals surface area contributed by atoms with Gasteiger partial charge in [-0.15, -0.1) is 0 Å². The number of nitrogens with one attached hydrogen (secondary N) is 1. The molecule has 0 spiro atoms. The lowest BCUT2D eigenvalue weighted by molar-refractivity contribution is 0.588. The van der Waals surface area contributed by atoms with Crippen LogP contribution in [-0.4, -0.2) is 0 Å². The molecule has 0 amide bonds. The molecule has 0 aliphatic heterocycles. The van der Waals surface area contributed by atoms with Crippen molar-refractivity contribution in [1.29, 1.82) is 5.26 Å². The second kappa shape index (κ2) is 4.80. The number of rotatable bonds is 2. The van der Waals surface area contributed by atoms with Gasteiger partial charge in [-0.2, -0.15) is 5.26 Å². The van der Waals surface area contributed by atoms with Gasteiger partial charge in [-0.25, -0.2) is 13.2 Å². The van der Waals surface area contributed by atoms with Crippen molar-refractivity contribution in [3.63, 3.8) is 0 Å². The van der Waals surface area contributed by atoms with Gasteiger partial charge in [0.1, 0.15) is 11.5 Å². The van der Waals surface area contributed by atoms with Gasteiger partial charge in [0, 0.05) is 0 Å². The molecule has 0 fully saturated rings. The highest BCUT2D eigenvalue weighted by Crippen LogP contribution is 2.25. The van der Waals surface area contributed by atoms with Crippen molar-refractivity contribution in [3.05, 3.63) is 59.4 Å². The van der Waals surface area contributed by atoms with Gasteiger partial charge < -0.3 is 5.32 Å². The first-order valence-electron chi connectivity index (χ1n) is 5.02. The maximum absolute atomic E-state index is 13.5. The van der Waals surface area contributed by atoms with Crippen LogP contribution in [0.2, 0.25) is 0 Å². The summed E-state index contributed by atoms with van der Waals surface area (Å²) in [5.41, 5.74) is -0.664.